The van der Waals surface area contributed by atoms with E-state index in [0.29, 0.717) is 10.7 Å². The Morgan fingerprint density at radius 2 is 1.59 bits per heavy atom. The summed E-state index contributed by atoms with van der Waals surface area (Å²) in [5.41, 5.74) is 4.63. The Hall–Kier alpha value is -3.72. The molecule has 0 bridgehead atoms. The first-order valence-electron chi connectivity index (χ1n) is 10.8. The number of esters is 1. The SMILES string of the molecule is COC(=O)C(NC(=O)c1csc(-c2ccc(NC(=O)Nc3ccc(C)c(C)c3)cc2)n1)C(C)C. The zero-order valence-corrected chi connectivity index (χ0v) is 20.6. The third kappa shape index (κ3) is 6.20. The zero-order chi connectivity index (χ0) is 24.8. The van der Waals surface area contributed by atoms with Crippen molar-refractivity contribution in [2.45, 2.75) is 33.7 Å². The van der Waals surface area contributed by atoms with Gasteiger partial charge in [0, 0.05) is 22.3 Å². The molecule has 34 heavy (non-hydrogen) atoms. The number of nitrogens with one attached hydrogen (secondary N) is 3. The van der Waals surface area contributed by atoms with Gasteiger partial charge in [-0.15, -0.1) is 11.3 Å². The van der Waals surface area contributed by atoms with Gasteiger partial charge in [-0.2, -0.15) is 0 Å². The van der Waals surface area contributed by atoms with Crippen molar-refractivity contribution in [1.29, 1.82) is 0 Å². The van der Waals surface area contributed by atoms with Crippen LogP contribution >= 0.6 is 11.3 Å². The number of carbonyl (C=O) groups excluding carboxylic acids is 3. The topological polar surface area (TPSA) is 109 Å². The van der Waals surface area contributed by atoms with Crippen LogP contribution in [0.15, 0.2) is 47.8 Å². The number of methoxy groups -OCH3 is 1. The highest BCUT2D eigenvalue weighted by molar-refractivity contribution is 7.13. The summed E-state index contributed by atoms with van der Waals surface area (Å²) in [6.45, 7) is 7.66. The molecule has 178 valence electrons. The molecule has 9 heteroatoms. The van der Waals surface area contributed by atoms with Gasteiger partial charge in [0.25, 0.3) is 5.91 Å². The van der Waals surface area contributed by atoms with Crippen LogP contribution in [-0.2, 0) is 9.53 Å². The lowest BCUT2D eigenvalue weighted by Gasteiger charge is -2.19. The highest BCUT2D eigenvalue weighted by atomic mass is 32.1. The first kappa shape index (κ1) is 24.9. The number of rotatable bonds is 7. The normalized spacial score (nSPS) is 11.6. The Kier molecular flexibility index (Phi) is 8.01. The number of hydrogen-bond donors (Lipinski definition) is 3. The predicted molar refractivity (Wildman–Crippen MR) is 134 cm³/mol. The Bertz CT molecular complexity index is 1190. The minimum Gasteiger partial charge on any atom is -0.467 e. The number of amides is 3. The Morgan fingerprint density at radius 3 is 2.21 bits per heavy atom. The third-order valence-electron chi connectivity index (χ3n) is 5.30. The van der Waals surface area contributed by atoms with E-state index in [1.165, 1.54) is 18.4 Å². The lowest BCUT2D eigenvalue weighted by atomic mass is 10.0. The van der Waals surface area contributed by atoms with E-state index in [2.05, 4.69) is 20.9 Å². The minimum absolute atomic E-state index is 0.123. The van der Waals surface area contributed by atoms with E-state index in [1.54, 1.807) is 17.5 Å². The number of thiazole rings is 1. The maximum atomic E-state index is 12.6. The summed E-state index contributed by atoms with van der Waals surface area (Å²) in [7, 11) is 1.29. The Labute approximate surface area is 202 Å². The molecule has 0 aliphatic carbocycles. The van der Waals surface area contributed by atoms with E-state index in [0.717, 1.165) is 22.4 Å². The van der Waals surface area contributed by atoms with Crippen LogP contribution in [0.25, 0.3) is 10.6 Å². The van der Waals surface area contributed by atoms with Crippen LogP contribution in [0.3, 0.4) is 0 Å². The second-order valence-electron chi connectivity index (χ2n) is 8.21. The summed E-state index contributed by atoms with van der Waals surface area (Å²) in [6, 6.07) is 11.8. The van der Waals surface area contributed by atoms with Gasteiger partial charge in [0.05, 0.1) is 7.11 Å². The van der Waals surface area contributed by atoms with Crippen LogP contribution in [0.5, 0.6) is 0 Å². The monoisotopic (exact) mass is 480 g/mol. The van der Waals surface area contributed by atoms with Crippen LogP contribution in [0, 0.1) is 19.8 Å². The Balaban J connectivity index is 1.62. The van der Waals surface area contributed by atoms with E-state index in [4.69, 9.17) is 4.74 Å². The largest absolute Gasteiger partial charge is 0.467 e. The lowest BCUT2D eigenvalue weighted by molar-refractivity contribution is -0.144. The fraction of sp³-hybridized carbons (Fsp3) is 0.280. The molecule has 0 saturated heterocycles. The standard InChI is InChI=1S/C25H28N4O4S/c1-14(2)21(24(31)33-5)29-22(30)20-13-34-23(28-20)17-7-10-18(11-8-17)26-25(32)27-19-9-6-15(3)16(4)12-19/h6-14,21H,1-5H3,(H,29,30)(H2,26,27,32). The van der Waals surface area contributed by atoms with Gasteiger partial charge in [0.2, 0.25) is 0 Å². The first-order chi connectivity index (χ1) is 16.2. The number of anilines is 2. The fourth-order valence-corrected chi connectivity index (χ4v) is 3.97. The quantitative estimate of drug-likeness (QED) is 0.412. The molecule has 3 amide bonds. The molecule has 1 unspecified atom stereocenters. The van der Waals surface area contributed by atoms with Crippen molar-refractivity contribution in [3.05, 3.63) is 64.7 Å². The molecule has 1 heterocycles. The smallest absolute Gasteiger partial charge is 0.328 e. The van der Waals surface area contributed by atoms with Gasteiger partial charge in [0.1, 0.15) is 16.7 Å². The van der Waals surface area contributed by atoms with Gasteiger partial charge < -0.3 is 20.7 Å². The number of ether oxygens (including phenoxy) is 1. The molecular formula is C25H28N4O4S. The molecule has 0 spiro atoms. The number of urea groups is 1. The summed E-state index contributed by atoms with van der Waals surface area (Å²) in [5.74, 6) is -1.06. The van der Waals surface area contributed by atoms with E-state index in [9.17, 15) is 14.4 Å². The second-order valence-corrected chi connectivity index (χ2v) is 9.07. The van der Waals surface area contributed by atoms with Crippen LogP contribution < -0.4 is 16.0 Å². The molecule has 0 aliphatic rings. The fourth-order valence-electron chi connectivity index (χ4n) is 3.16. The molecular weight excluding hydrogens is 452 g/mol. The second kappa shape index (κ2) is 10.9. The van der Waals surface area contributed by atoms with Crippen molar-refractivity contribution < 1.29 is 19.1 Å². The molecule has 2 aromatic carbocycles. The van der Waals surface area contributed by atoms with Crippen molar-refractivity contribution in [1.82, 2.24) is 10.3 Å². The van der Waals surface area contributed by atoms with Gasteiger partial charge in [-0.05, 0) is 67.3 Å². The van der Waals surface area contributed by atoms with Crippen molar-refractivity contribution >= 4 is 40.6 Å². The highest BCUT2D eigenvalue weighted by Gasteiger charge is 2.26. The van der Waals surface area contributed by atoms with E-state index in [-0.39, 0.29) is 17.6 Å². The summed E-state index contributed by atoms with van der Waals surface area (Å²) in [5, 5.41) is 10.6. The molecule has 3 N–H and O–H groups in total. The van der Waals surface area contributed by atoms with Gasteiger partial charge >= 0.3 is 12.0 Å². The number of benzene rings is 2. The lowest BCUT2D eigenvalue weighted by Crippen LogP contribution is -2.45. The summed E-state index contributed by atoms with van der Waals surface area (Å²) in [4.78, 5) is 41.2. The number of aryl methyl sites for hydroxylation is 2. The summed E-state index contributed by atoms with van der Waals surface area (Å²) < 4.78 is 4.76. The highest BCUT2D eigenvalue weighted by Crippen LogP contribution is 2.25. The van der Waals surface area contributed by atoms with E-state index >= 15 is 0 Å². The predicted octanol–water partition coefficient (Wildman–Crippen LogP) is 5.00. The molecule has 0 aliphatic heterocycles. The third-order valence-corrected chi connectivity index (χ3v) is 6.19. The van der Waals surface area contributed by atoms with Gasteiger partial charge in [-0.3, -0.25) is 4.79 Å². The average Bonchev–Trinajstić information content (AvgIpc) is 3.30. The summed E-state index contributed by atoms with van der Waals surface area (Å²) >= 11 is 1.32. The summed E-state index contributed by atoms with van der Waals surface area (Å²) in [6.07, 6.45) is 0. The van der Waals surface area contributed by atoms with Crippen molar-refractivity contribution in [3.8, 4) is 10.6 Å². The van der Waals surface area contributed by atoms with Crippen molar-refractivity contribution in [3.63, 3.8) is 0 Å². The number of nitrogens with zero attached hydrogens (tertiary/aromatic N) is 1. The minimum atomic E-state index is -0.747. The Morgan fingerprint density at radius 1 is 0.941 bits per heavy atom. The zero-order valence-electron chi connectivity index (χ0n) is 19.8. The number of carbonyl (C=O) groups is 3. The molecule has 8 nitrogen and oxygen atoms in total. The van der Waals surface area contributed by atoms with Crippen LogP contribution in [0.1, 0.15) is 35.5 Å². The number of aromatic nitrogens is 1. The maximum Gasteiger partial charge on any atom is 0.328 e. The molecule has 1 atom stereocenters. The molecule has 0 fully saturated rings. The van der Waals surface area contributed by atoms with Gasteiger partial charge in [-0.25, -0.2) is 14.6 Å². The van der Waals surface area contributed by atoms with Gasteiger partial charge in [0.15, 0.2) is 0 Å². The molecule has 0 saturated carbocycles. The van der Waals surface area contributed by atoms with Crippen LogP contribution in [-0.4, -0.2) is 36.0 Å². The van der Waals surface area contributed by atoms with Crippen LogP contribution in [0.4, 0.5) is 16.2 Å². The van der Waals surface area contributed by atoms with Gasteiger partial charge in [-0.1, -0.05) is 19.9 Å². The van der Waals surface area contributed by atoms with E-state index in [1.807, 2.05) is 58.0 Å². The molecule has 3 aromatic rings. The molecule has 3 rings (SSSR count). The average molecular weight is 481 g/mol. The van der Waals surface area contributed by atoms with Crippen LogP contribution in [0.2, 0.25) is 0 Å². The van der Waals surface area contributed by atoms with Crippen molar-refractivity contribution in [2.75, 3.05) is 17.7 Å². The number of hydrogen-bond acceptors (Lipinski definition) is 6. The first-order valence-corrected chi connectivity index (χ1v) is 11.7. The van der Waals surface area contributed by atoms with Crippen molar-refractivity contribution in [2.24, 2.45) is 5.92 Å². The van der Waals surface area contributed by atoms with E-state index < -0.39 is 17.9 Å². The molecule has 0 radical (unpaired) electrons. The molecule has 1 aromatic heterocycles. The maximum absolute atomic E-state index is 12.6.